The lowest BCUT2D eigenvalue weighted by atomic mass is 9.77. The molecular weight excluding hydrogens is 514 g/mol. The van der Waals surface area contributed by atoms with Gasteiger partial charge in [-0.15, -0.1) is 12.4 Å². The molecule has 0 aliphatic rings. The molecule has 214 valence electrons. The zero-order valence-corrected chi connectivity index (χ0v) is 24.9. The molecule has 2 rings (SSSR count). The number of hydrogen-bond acceptors (Lipinski definition) is 4. The number of amides is 2. The van der Waals surface area contributed by atoms with Gasteiger partial charge in [-0.1, -0.05) is 94.4 Å². The van der Waals surface area contributed by atoms with Crippen LogP contribution in [0.3, 0.4) is 0 Å². The number of aliphatic carboxylic acids is 1. The van der Waals surface area contributed by atoms with Crippen LogP contribution in [0.4, 0.5) is 0 Å². The second-order valence-corrected chi connectivity index (χ2v) is 10.7. The van der Waals surface area contributed by atoms with Crippen molar-refractivity contribution in [2.24, 2.45) is 5.92 Å². The maximum absolute atomic E-state index is 13.8. The first-order valence-electron chi connectivity index (χ1n) is 13.2. The van der Waals surface area contributed by atoms with Crippen LogP contribution in [0.1, 0.15) is 52.2 Å². The van der Waals surface area contributed by atoms with Crippen LogP contribution in [0.5, 0.6) is 0 Å². The standard InChI is InChI=1S/C31H43N3O4.ClH/c1-21(2)26(20-22(3)30(37)38)34(7)29(36)25(19-18-23-14-10-8-11-15-23)33-28(35)27(32-6)31(4,5)24-16-12-9-13-17-24;/h8-17,20-21,25-27,32H,18-19H2,1-7H3,(H,33,35)(H,37,38);1H/t25-,26+,27+;/m0./s1. The Bertz CT molecular complexity index is 1100. The van der Waals surface area contributed by atoms with Gasteiger partial charge in [0.1, 0.15) is 6.04 Å². The average molecular weight is 558 g/mol. The Labute approximate surface area is 239 Å². The fourth-order valence-corrected chi connectivity index (χ4v) is 4.79. The molecule has 3 atom stereocenters. The maximum atomic E-state index is 13.8. The van der Waals surface area contributed by atoms with E-state index in [9.17, 15) is 19.5 Å². The summed E-state index contributed by atoms with van der Waals surface area (Å²) in [6.07, 6.45) is 2.62. The molecule has 0 bridgehead atoms. The van der Waals surface area contributed by atoms with Crippen molar-refractivity contribution < 1.29 is 19.5 Å². The third kappa shape index (κ3) is 9.22. The molecule has 0 aliphatic heterocycles. The quantitative estimate of drug-likeness (QED) is 0.312. The lowest BCUT2D eigenvalue weighted by molar-refractivity contribution is -0.138. The highest BCUT2D eigenvalue weighted by Crippen LogP contribution is 2.27. The Hall–Kier alpha value is -3.16. The predicted octanol–water partition coefficient (Wildman–Crippen LogP) is 4.61. The largest absolute Gasteiger partial charge is 0.478 e. The Balaban J connectivity index is 0.00000760. The van der Waals surface area contributed by atoms with Crippen LogP contribution in [0.2, 0.25) is 0 Å². The number of rotatable bonds is 13. The van der Waals surface area contributed by atoms with Crippen LogP contribution in [0, 0.1) is 5.92 Å². The van der Waals surface area contributed by atoms with Gasteiger partial charge in [-0.05, 0) is 43.9 Å². The van der Waals surface area contributed by atoms with Gasteiger partial charge in [-0.3, -0.25) is 9.59 Å². The van der Waals surface area contributed by atoms with E-state index in [-0.39, 0.29) is 35.7 Å². The maximum Gasteiger partial charge on any atom is 0.331 e. The van der Waals surface area contributed by atoms with Crippen LogP contribution in [0.25, 0.3) is 0 Å². The number of likely N-dealkylation sites (N-methyl/N-ethyl adjacent to an activating group) is 2. The molecule has 3 N–H and O–H groups in total. The van der Waals surface area contributed by atoms with E-state index in [2.05, 4.69) is 10.6 Å². The molecular formula is C31H44ClN3O4. The van der Waals surface area contributed by atoms with E-state index in [1.54, 1.807) is 25.1 Å². The van der Waals surface area contributed by atoms with Gasteiger partial charge < -0.3 is 20.6 Å². The first-order valence-corrected chi connectivity index (χ1v) is 13.2. The van der Waals surface area contributed by atoms with E-state index in [0.29, 0.717) is 12.8 Å². The van der Waals surface area contributed by atoms with Gasteiger partial charge >= 0.3 is 5.97 Å². The van der Waals surface area contributed by atoms with Gasteiger partial charge in [0.2, 0.25) is 11.8 Å². The van der Waals surface area contributed by atoms with Crippen molar-refractivity contribution in [3.05, 3.63) is 83.4 Å². The van der Waals surface area contributed by atoms with Gasteiger partial charge in [0.25, 0.3) is 0 Å². The van der Waals surface area contributed by atoms with E-state index in [4.69, 9.17) is 0 Å². The summed E-state index contributed by atoms with van der Waals surface area (Å²) in [5, 5.41) is 15.6. The first-order chi connectivity index (χ1) is 17.9. The van der Waals surface area contributed by atoms with Crippen molar-refractivity contribution in [2.45, 2.75) is 71.0 Å². The molecule has 0 radical (unpaired) electrons. The zero-order chi connectivity index (χ0) is 28.5. The molecule has 0 aliphatic carbocycles. The lowest BCUT2D eigenvalue weighted by Crippen LogP contribution is -2.58. The molecule has 39 heavy (non-hydrogen) atoms. The summed E-state index contributed by atoms with van der Waals surface area (Å²) >= 11 is 0. The molecule has 0 fully saturated rings. The normalized spacial score (nSPS) is 14.1. The van der Waals surface area contributed by atoms with E-state index in [1.807, 2.05) is 88.4 Å². The van der Waals surface area contributed by atoms with Crippen molar-refractivity contribution in [2.75, 3.05) is 14.1 Å². The molecule has 0 unspecified atom stereocenters. The minimum Gasteiger partial charge on any atom is -0.478 e. The number of nitrogens with zero attached hydrogens (tertiary/aromatic N) is 1. The lowest BCUT2D eigenvalue weighted by Gasteiger charge is -2.36. The van der Waals surface area contributed by atoms with Gasteiger partial charge in [-0.2, -0.15) is 0 Å². The molecule has 0 saturated carbocycles. The summed E-state index contributed by atoms with van der Waals surface area (Å²) < 4.78 is 0. The van der Waals surface area contributed by atoms with E-state index in [0.717, 1.165) is 11.1 Å². The minimum absolute atomic E-state index is 0. The predicted molar refractivity (Wildman–Crippen MR) is 159 cm³/mol. The number of carbonyl (C=O) groups excluding carboxylic acids is 2. The fraction of sp³-hybridized carbons (Fsp3) is 0.452. The van der Waals surface area contributed by atoms with Crippen molar-refractivity contribution in [3.63, 3.8) is 0 Å². The van der Waals surface area contributed by atoms with E-state index < -0.39 is 29.5 Å². The highest BCUT2D eigenvalue weighted by Gasteiger charge is 2.38. The Kier molecular flexibility index (Phi) is 13.4. The van der Waals surface area contributed by atoms with Crippen LogP contribution in [-0.4, -0.2) is 60.0 Å². The summed E-state index contributed by atoms with van der Waals surface area (Å²) in [5.41, 5.74) is 1.71. The highest BCUT2D eigenvalue weighted by atomic mass is 35.5. The van der Waals surface area contributed by atoms with Gasteiger partial charge in [0.15, 0.2) is 0 Å². The molecule has 0 heterocycles. The van der Waals surface area contributed by atoms with Gasteiger partial charge in [0, 0.05) is 18.0 Å². The van der Waals surface area contributed by atoms with Crippen LogP contribution >= 0.6 is 12.4 Å². The topological polar surface area (TPSA) is 98.7 Å². The van der Waals surface area contributed by atoms with Crippen molar-refractivity contribution in [3.8, 4) is 0 Å². The second-order valence-electron chi connectivity index (χ2n) is 10.7. The zero-order valence-electron chi connectivity index (χ0n) is 24.1. The van der Waals surface area contributed by atoms with Crippen LogP contribution in [0.15, 0.2) is 72.3 Å². The Morgan fingerprint density at radius 2 is 1.54 bits per heavy atom. The van der Waals surface area contributed by atoms with Crippen LogP contribution < -0.4 is 10.6 Å². The summed E-state index contributed by atoms with van der Waals surface area (Å²) in [5.74, 6) is -1.56. The first kappa shape index (κ1) is 33.9. The fourth-order valence-electron chi connectivity index (χ4n) is 4.79. The number of benzene rings is 2. The highest BCUT2D eigenvalue weighted by molar-refractivity contribution is 5.91. The summed E-state index contributed by atoms with van der Waals surface area (Å²) in [6, 6.07) is 17.8. The Morgan fingerprint density at radius 1 is 1.00 bits per heavy atom. The molecule has 7 nitrogen and oxygen atoms in total. The van der Waals surface area contributed by atoms with Gasteiger partial charge in [0.05, 0.1) is 12.1 Å². The number of nitrogens with one attached hydrogen (secondary N) is 2. The molecule has 0 saturated heterocycles. The average Bonchev–Trinajstić information content (AvgIpc) is 2.89. The number of carbonyl (C=O) groups is 3. The van der Waals surface area contributed by atoms with Crippen LogP contribution in [-0.2, 0) is 26.2 Å². The molecule has 8 heteroatoms. The molecule has 2 aromatic rings. The third-order valence-electron chi connectivity index (χ3n) is 7.21. The molecule has 2 aromatic carbocycles. The number of aryl methyl sites for hydroxylation is 1. The number of halogens is 1. The number of carboxylic acids is 1. The van der Waals surface area contributed by atoms with Crippen molar-refractivity contribution >= 4 is 30.2 Å². The smallest absolute Gasteiger partial charge is 0.331 e. The minimum atomic E-state index is -1.02. The molecule has 0 aromatic heterocycles. The summed E-state index contributed by atoms with van der Waals surface area (Å²) in [6.45, 7) is 9.41. The second kappa shape index (κ2) is 15.4. The third-order valence-corrected chi connectivity index (χ3v) is 7.21. The van der Waals surface area contributed by atoms with E-state index in [1.165, 1.54) is 6.92 Å². The van der Waals surface area contributed by atoms with Crippen molar-refractivity contribution in [1.29, 1.82) is 0 Å². The monoisotopic (exact) mass is 557 g/mol. The summed E-state index contributed by atoms with van der Waals surface area (Å²) in [7, 11) is 3.42. The van der Waals surface area contributed by atoms with Gasteiger partial charge in [-0.25, -0.2) is 4.79 Å². The SMILES string of the molecule is CN[C@H](C(=O)N[C@@H](CCc1ccccc1)C(=O)N(C)[C@H](C=C(C)C(=O)O)C(C)C)C(C)(C)c1ccccc1.Cl. The molecule has 2 amide bonds. The van der Waals surface area contributed by atoms with E-state index >= 15 is 0 Å². The molecule has 0 spiro atoms. The Morgan fingerprint density at radius 3 is 2.03 bits per heavy atom. The van der Waals surface area contributed by atoms with Crippen molar-refractivity contribution in [1.82, 2.24) is 15.5 Å². The summed E-state index contributed by atoms with van der Waals surface area (Å²) in [4.78, 5) is 40.6. The number of carboxylic acid groups (broad SMARTS) is 1. The number of hydrogen-bond donors (Lipinski definition) is 3.